The van der Waals surface area contributed by atoms with Gasteiger partial charge in [-0.2, -0.15) is 5.26 Å². The van der Waals surface area contributed by atoms with Crippen LogP contribution in [-0.2, 0) is 22.4 Å². The van der Waals surface area contributed by atoms with Gasteiger partial charge >= 0.3 is 5.97 Å². The van der Waals surface area contributed by atoms with Crippen molar-refractivity contribution in [2.24, 2.45) is 0 Å². The molecule has 0 atom stereocenters. The van der Waals surface area contributed by atoms with E-state index in [4.69, 9.17) is 25.8 Å². The van der Waals surface area contributed by atoms with Crippen molar-refractivity contribution in [3.8, 4) is 17.6 Å². The number of amides is 1. The summed E-state index contributed by atoms with van der Waals surface area (Å²) < 4.78 is 16.1. The number of rotatable bonds is 8. The lowest BCUT2D eigenvalue weighted by Gasteiger charge is -2.12. The third-order valence-corrected chi connectivity index (χ3v) is 6.58. The molecular formula is C24H25ClN2O5S. The molecule has 0 saturated carbocycles. The average molecular weight is 489 g/mol. The number of hydrogen-bond donors (Lipinski definition) is 1. The zero-order valence-electron chi connectivity index (χ0n) is 18.7. The largest absolute Gasteiger partial charge is 0.491 e. The Kier molecular flexibility index (Phi) is 8.37. The van der Waals surface area contributed by atoms with Gasteiger partial charge in [-0.25, -0.2) is 4.79 Å². The summed E-state index contributed by atoms with van der Waals surface area (Å²) in [6.45, 7) is 4.19. The maximum atomic E-state index is 13.0. The summed E-state index contributed by atoms with van der Waals surface area (Å²) in [4.78, 5) is 26.7. The van der Waals surface area contributed by atoms with E-state index in [0.717, 1.165) is 36.1 Å². The highest BCUT2D eigenvalue weighted by atomic mass is 35.5. The zero-order valence-corrected chi connectivity index (χ0v) is 20.3. The van der Waals surface area contributed by atoms with E-state index >= 15 is 0 Å². The quantitative estimate of drug-likeness (QED) is 0.303. The number of nitriles is 1. The van der Waals surface area contributed by atoms with Gasteiger partial charge in [0.25, 0.3) is 5.91 Å². The zero-order chi connectivity index (χ0) is 24.0. The summed E-state index contributed by atoms with van der Waals surface area (Å²) in [5.74, 6) is -0.293. The lowest BCUT2D eigenvalue weighted by Crippen LogP contribution is -2.16. The Morgan fingerprint density at radius 1 is 1.24 bits per heavy atom. The van der Waals surface area contributed by atoms with Crippen LogP contribution in [0.1, 0.15) is 53.1 Å². The van der Waals surface area contributed by atoms with Crippen molar-refractivity contribution >= 4 is 45.9 Å². The van der Waals surface area contributed by atoms with Crippen LogP contribution in [-0.4, -0.2) is 32.2 Å². The van der Waals surface area contributed by atoms with Crippen LogP contribution in [0.4, 0.5) is 5.00 Å². The third kappa shape index (κ3) is 5.49. The molecule has 0 saturated heterocycles. The fraction of sp³-hybridized carbons (Fsp3) is 0.375. The normalized spacial score (nSPS) is 13.0. The van der Waals surface area contributed by atoms with E-state index in [0.29, 0.717) is 39.3 Å². The Morgan fingerprint density at radius 2 is 2.00 bits per heavy atom. The van der Waals surface area contributed by atoms with E-state index in [2.05, 4.69) is 5.32 Å². The van der Waals surface area contributed by atoms with Crippen molar-refractivity contribution in [2.75, 3.05) is 25.6 Å². The second-order valence-electron chi connectivity index (χ2n) is 7.23. The molecule has 0 spiro atoms. The number of benzene rings is 1. The van der Waals surface area contributed by atoms with Crippen LogP contribution < -0.4 is 14.8 Å². The van der Waals surface area contributed by atoms with Crippen molar-refractivity contribution in [3.63, 3.8) is 0 Å². The molecular weight excluding hydrogens is 464 g/mol. The summed E-state index contributed by atoms with van der Waals surface area (Å²) >= 11 is 7.65. The molecule has 1 aromatic carbocycles. The van der Waals surface area contributed by atoms with E-state index in [-0.39, 0.29) is 12.2 Å². The van der Waals surface area contributed by atoms with Crippen molar-refractivity contribution in [1.29, 1.82) is 5.26 Å². The molecule has 1 aliphatic rings. The number of methoxy groups -OCH3 is 1. The molecule has 0 radical (unpaired) electrons. The molecule has 0 aliphatic heterocycles. The Labute approximate surface area is 201 Å². The molecule has 9 heteroatoms. The third-order valence-electron chi connectivity index (χ3n) is 5.09. The van der Waals surface area contributed by atoms with Gasteiger partial charge in [0, 0.05) is 4.88 Å². The first-order chi connectivity index (χ1) is 15.9. The Balaban J connectivity index is 1.94. The average Bonchev–Trinajstić information content (AvgIpc) is 3.15. The van der Waals surface area contributed by atoms with Crippen molar-refractivity contribution in [3.05, 3.63) is 44.3 Å². The summed E-state index contributed by atoms with van der Waals surface area (Å²) in [5.41, 5.74) is 1.70. The monoisotopic (exact) mass is 488 g/mol. The van der Waals surface area contributed by atoms with Crippen molar-refractivity contribution in [1.82, 2.24) is 0 Å². The number of carbonyl (C=O) groups excluding carboxylic acids is 2. The van der Waals surface area contributed by atoms with Gasteiger partial charge in [0.15, 0.2) is 11.5 Å². The maximum absolute atomic E-state index is 13.0. The summed E-state index contributed by atoms with van der Waals surface area (Å²) in [6, 6.07) is 5.16. The fourth-order valence-corrected chi connectivity index (χ4v) is 5.26. The lowest BCUT2D eigenvalue weighted by atomic mass is 9.95. The minimum Gasteiger partial charge on any atom is -0.491 e. The molecule has 1 heterocycles. The molecule has 0 unspecified atom stereocenters. The van der Waals surface area contributed by atoms with Crippen LogP contribution in [0.15, 0.2) is 17.7 Å². The molecule has 7 nitrogen and oxygen atoms in total. The highest BCUT2D eigenvalue weighted by Crippen LogP contribution is 2.39. The molecule has 0 bridgehead atoms. The van der Waals surface area contributed by atoms with Crippen LogP contribution in [0.5, 0.6) is 11.5 Å². The van der Waals surface area contributed by atoms with Gasteiger partial charge in [-0.05, 0) is 68.9 Å². The number of fused-ring (bicyclic) bond motifs is 1. The molecule has 3 rings (SSSR count). The highest BCUT2D eigenvalue weighted by Gasteiger charge is 2.28. The summed E-state index contributed by atoms with van der Waals surface area (Å²) in [5, 5.41) is 13.1. The highest BCUT2D eigenvalue weighted by molar-refractivity contribution is 7.17. The number of nitrogens with zero attached hydrogens (tertiary/aromatic N) is 1. The number of nitrogens with one attached hydrogen (secondary N) is 1. The molecule has 174 valence electrons. The van der Waals surface area contributed by atoms with Gasteiger partial charge in [-0.1, -0.05) is 11.6 Å². The van der Waals surface area contributed by atoms with Gasteiger partial charge in [0.05, 0.1) is 30.9 Å². The number of anilines is 1. The first-order valence-corrected chi connectivity index (χ1v) is 11.9. The van der Waals surface area contributed by atoms with Crippen LogP contribution in [0.2, 0.25) is 5.02 Å². The van der Waals surface area contributed by atoms with Crippen LogP contribution in [0.3, 0.4) is 0 Å². The van der Waals surface area contributed by atoms with Gasteiger partial charge in [0.2, 0.25) is 0 Å². The standard InChI is InChI=1S/C24H25ClN2O5S/c1-4-31-18-12-14(11-17(25)21(18)30-3)10-15(13-26)22(28)27-23-20(24(29)32-5-2)16-8-6-7-9-19(16)33-23/h10-12H,4-9H2,1-3H3,(H,27,28)/b15-10+. The van der Waals surface area contributed by atoms with E-state index in [1.165, 1.54) is 24.5 Å². The Hall–Kier alpha value is -3.02. The molecule has 1 aliphatic carbocycles. The minimum atomic E-state index is -0.619. The topological polar surface area (TPSA) is 97.7 Å². The number of hydrogen-bond acceptors (Lipinski definition) is 7. The van der Waals surface area contributed by atoms with Gasteiger partial charge < -0.3 is 19.5 Å². The second kappa shape index (κ2) is 11.2. The fourth-order valence-electron chi connectivity index (χ4n) is 3.69. The first-order valence-electron chi connectivity index (χ1n) is 10.7. The number of esters is 1. The predicted octanol–water partition coefficient (Wildman–Crippen LogP) is 5.41. The first kappa shape index (κ1) is 24.6. The molecule has 1 amide bonds. The van der Waals surface area contributed by atoms with Crippen LogP contribution in [0.25, 0.3) is 6.08 Å². The molecule has 2 aromatic rings. The van der Waals surface area contributed by atoms with Gasteiger partial charge in [0.1, 0.15) is 16.6 Å². The van der Waals surface area contributed by atoms with E-state index in [1.54, 1.807) is 19.1 Å². The van der Waals surface area contributed by atoms with Crippen LogP contribution >= 0.6 is 22.9 Å². The van der Waals surface area contributed by atoms with Crippen molar-refractivity contribution in [2.45, 2.75) is 39.5 Å². The molecule has 1 aromatic heterocycles. The number of carbonyl (C=O) groups is 2. The minimum absolute atomic E-state index is 0.139. The van der Waals surface area contributed by atoms with Gasteiger partial charge in [-0.15, -0.1) is 11.3 Å². The molecule has 33 heavy (non-hydrogen) atoms. The van der Waals surface area contributed by atoms with Crippen molar-refractivity contribution < 1.29 is 23.8 Å². The Morgan fingerprint density at radius 3 is 2.67 bits per heavy atom. The number of thiophene rings is 1. The number of halogens is 1. The molecule has 1 N–H and O–H groups in total. The van der Waals surface area contributed by atoms with E-state index < -0.39 is 11.9 Å². The smallest absolute Gasteiger partial charge is 0.341 e. The predicted molar refractivity (Wildman–Crippen MR) is 128 cm³/mol. The number of aryl methyl sites for hydroxylation is 1. The summed E-state index contributed by atoms with van der Waals surface area (Å²) in [6.07, 6.45) is 5.05. The Bertz CT molecular complexity index is 1130. The SMILES string of the molecule is CCOC(=O)c1c(NC(=O)/C(C#N)=C/c2cc(Cl)c(OC)c(OCC)c2)sc2c1CCCC2. The lowest BCUT2D eigenvalue weighted by molar-refractivity contribution is -0.112. The second-order valence-corrected chi connectivity index (χ2v) is 8.74. The van der Waals surface area contributed by atoms with Crippen LogP contribution in [0, 0.1) is 11.3 Å². The van der Waals surface area contributed by atoms with E-state index in [9.17, 15) is 14.9 Å². The maximum Gasteiger partial charge on any atom is 0.341 e. The van der Waals surface area contributed by atoms with Gasteiger partial charge in [-0.3, -0.25) is 4.79 Å². The van der Waals surface area contributed by atoms with E-state index in [1.807, 2.05) is 13.0 Å². The number of ether oxygens (including phenoxy) is 3. The summed E-state index contributed by atoms with van der Waals surface area (Å²) in [7, 11) is 1.48. The molecule has 0 fully saturated rings.